The highest BCUT2D eigenvalue weighted by atomic mass is 32.1. The molecule has 1 N–H and O–H groups in total. The molecule has 118 valence electrons. The second-order valence-corrected chi connectivity index (χ2v) is 7.87. The fraction of sp³-hybridized carbons (Fsp3) is 0.750. The van der Waals surface area contributed by atoms with Crippen LogP contribution in [0.1, 0.15) is 79.4 Å². The third-order valence-electron chi connectivity index (χ3n) is 4.12. The number of aromatic carboxylic acids is 1. The van der Waals surface area contributed by atoms with Crippen LogP contribution in [0.3, 0.4) is 0 Å². The summed E-state index contributed by atoms with van der Waals surface area (Å²) in [6.07, 6.45) is 5.97. The van der Waals surface area contributed by atoms with E-state index in [1.807, 2.05) is 20.8 Å². The van der Waals surface area contributed by atoms with Crippen molar-refractivity contribution >= 4 is 17.3 Å². The first-order chi connectivity index (χ1) is 9.84. The first-order valence-corrected chi connectivity index (χ1v) is 8.43. The highest BCUT2D eigenvalue weighted by Gasteiger charge is 2.32. The first kappa shape index (κ1) is 16.4. The summed E-state index contributed by atoms with van der Waals surface area (Å²) in [5.74, 6) is -0.425. The number of aromatic nitrogens is 1. The lowest BCUT2D eigenvalue weighted by Gasteiger charge is -2.27. The number of ether oxygens (including phenoxy) is 1. The molecular formula is C16H25NO3S. The Labute approximate surface area is 130 Å². The van der Waals surface area contributed by atoms with Gasteiger partial charge in [-0.25, -0.2) is 9.78 Å². The van der Waals surface area contributed by atoms with Gasteiger partial charge in [0.1, 0.15) is 16.0 Å². The van der Waals surface area contributed by atoms with E-state index in [0.717, 1.165) is 17.8 Å². The molecule has 1 aliphatic rings. The van der Waals surface area contributed by atoms with Gasteiger partial charge in [-0.05, 0) is 18.8 Å². The minimum atomic E-state index is -0.887. The molecule has 1 aromatic rings. The molecule has 1 atom stereocenters. The van der Waals surface area contributed by atoms with Crippen LogP contribution in [-0.2, 0) is 10.2 Å². The second kappa shape index (κ2) is 6.44. The van der Waals surface area contributed by atoms with Crippen molar-refractivity contribution in [2.24, 2.45) is 5.92 Å². The zero-order valence-corrected chi connectivity index (χ0v) is 14.1. The number of nitrogens with zero attached hydrogens (tertiary/aromatic N) is 1. The summed E-state index contributed by atoms with van der Waals surface area (Å²) in [4.78, 5) is 16.5. The fourth-order valence-electron chi connectivity index (χ4n) is 3.04. The molecule has 0 bridgehead atoms. The predicted molar refractivity (Wildman–Crippen MR) is 84.1 cm³/mol. The zero-order chi connectivity index (χ0) is 15.6. The number of hydrogen-bond donors (Lipinski definition) is 1. The van der Waals surface area contributed by atoms with Crippen LogP contribution in [0.5, 0.6) is 0 Å². The maximum atomic E-state index is 11.5. The molecule has 1 aromatic heterocycles. The van der Waals surface area contributed by atoms with Crippen molar-refractivity contribution in [1.82, 2.24) is 4.98 Å². The Morgan fingerprint density at radius 1 is 1.33 bits per heavy atom. The van der Waals surface area contributed by atoms with Crippen LogP contribution in [0.15, 0.2) is 0 Å². The van der Waals surface area contributed by atoms with Crippen LogP contribution in [0.4, 0.5) is 0 Å². The molecule has 5 heteroatoms. The summed E-state index contributed by atoms with van der Waals surface area (Å²) in [5.41, 5.74) is 0.403. The van der Waals surface area contributed by atoms with E-state index in [0.29, 0.717) is 16.5 Å². The van der Waals surface area contributed by atoms with E-state index < -0.39 is 5.97 Å². The Morgan fingerprint density at radius 3 is 2.38 bits per heavy atom. The highest BCUT2D eigenvalue weighted by Crippen LogP contribution is 2.40. The normalized spacial score (nSPS) is 18.7. The molecule has 21 heavy (non-hydrogen) atoms. The number of carboxylic acid groups (broad SMARTS) is 1. The van der Waals surface area contributed by atoms with Crippen LogP contribution < -0.4 is 0 Å². The first-order valence-electron chi connectivity index (χ1n) is 7.62. The summed E-state index contributed by atoms with van der Waals surface area (Å²) >= 11 is 1.29. The van der Waals surface area contributed by atoms with E-state index in [9.17, 15) is 9.90 Å². The molecule has 0 spiro atoms. The van der Waals surface area contributed by atoms with Crippen molar-refractivity contribution in [1.29, 1.82) is 0 Å². The Morgan fingerprint density at radius 2 is 1.95 bits per heavy atom. The number of rotatable bonds is 4. The Hall–Kier alpha value is -0.940. The monoisotopic (exact) mass is 311 g/mol. The van der Waals surface area contributed by atoms with Gasteiger partial charge in [-0.3, -0.25) is 0 Å². The highest BCUT2D eigenvalue weighted by molar-refractivity contribution is 7.13. The van der Waals surface area contributed by atoms with E-state index in [1.165, 1.54) is 30.6 Å². The zero-order valence-electron chi connectivity index (χ0n) is 13.3. The van der Waals surface area contributed by atoms with Gasteiger partial charge in [-0.1, -0.05) is 40.0 Å². The average molecular weight is 311 g/mol. The second-order valence-electron chi connectivity index (χ2n) is 6.84. The van der Waals surface area contributed by atoms with Crippen molar-refractivity contribution in [2.75, 3.05) is 7.11 Å². The van der Waals surface area contributed by atoms with Crippen molar-refractivity contribution in [2.45, 2.75) is 64.4 Å². The van der Waals surface area contributed by atoms with Crippen molar-refractivity contribution < 1.29 is 14.6 Å². The topological polar surface area (TPSA) is 59.4 Å². The number of carbonyl (C=O) groups is 1. The van der Waals surface area contributed by atoms with Gasteiger partial charge in [0.15, 0.2) is 0 Å². The molecule has 0 saturated heterocycles. The van der Waals surface area contributed by atoms with Crippen molar-refractivity contribution in [3.63, 3.8) is 0 Å². The van der Waals surface area contributed by atoms with Crippen molar-refractivity contribution in [3.8, 4) is 0 Å². The minimum absolute atomic E-state index is 0.0653. The molecular weight excluding hydrogens is 286 g/mol. The predicted octanol–water partition coefficient (Wildman–Crippen LogP) is 4.41. The molecule has 1 unspecified atom stereocenters. The maximum Gasteiger partial charge on any atom is 0.347 e. The van der Waals surface area contributed by atoms with Gasteiger partial charge < -0.3 is 9.84 Å². The van der Waals surface area contributed by atoms with Gasteiger partial charge in [-0.2, -0.15) is 0 Å². The summed E-state index contributed by atoms with van der Waals surface area (Å²) in [5, 5.41) is 10.3. The van der Waals surface area contributed by atoms with Crippen LogP contribution in [0.2, 0.25) is 0 Å². The van der Waals surface area contributed by atoms with Crippen LogP contribution in [-0.4, -0.2) is 23.2 Å². The van der Waals surface area contributed by atoms with Gasteiger partial charge >= 0.3 is 5.97 Å². The molecule has 0 aliphatic heterocycles. The SMILES string of the molecule is COC(c1nc(C(C)(C)C)c(C(=O)O)s1)C1CCCCC1. The van der Waals surface area contributed by atoms with Crippen LogP contribution in [0.25, 0.3) is 0 Å². The van der Waals surface area contributed by atoms with E-state index in [-0.39, 0.29) is 11.5 Å². The molecule has 1 heterocycles. The number of carboxylic acids is 1. The summed E-state index contributed by atoms with van der Waals surface area (Å²) < 4.78 is 5.69. The Bertz CT molecular complexity index is 498. The summed E-state index contributed by atoms with van der Waals surface area (Å²) in [6, 6.07) is 0. The lowest BCUT2D eigenvalue weighted by Crippen LogP contribution is -2.19. The molecule has 0 radical (unpaired) electrons. The van der Waals surface area contributed by atoms with Gasteiger partial charge in [0.05, 0.1) is 5.69 Å². The smallest absolute Gasteiger partial charge is 0.347 e. The number of hydrogen-bond acceptors (Lipinski definition) is 4. The minimum Gasteiger partial charge on any atom is -0.477 e. The van der Waals surface area contributed by atoms with E-state index in [4.69, 9.17) is 4.74 Å². The molecule has 1 aliphatic carbocycles. The van der Waals surface area contributed by atoms with Gasteiger partial charge in [0, 0.05) is 12.5 Å². The van der Waals surface area contributed by atoms with E-state index in [2.05, 4.69) is 4.98 Å². The number of methoxy groups -OCH3 is 1. The van der Waals surface area contributed by atoms with E-state index >= 15 is 0 Å². The molecule has 0 amide bonds. The summed E-state index contributed by atoms with van der Waals surface area (Å²) in [6.45, 7) is 6.00. The summed E-state index contributed by atoms with van der Waals surface area (Å²) in [7, 11) is 1.71. The standard InChI is InChI=1S/C16H25NO3S/c1-16(2,3)13-12(15(18)19)21-14(17-13)11(20-4)10-8-6-5-7-9-10/h10-11H,5-9H2,1-4H3,(H,18,19). The van der Waals surface area contributed by atoms with Gasteiger partial charge in [-0.15, -0.1) is 11.3 Å². The third-order valence-corrected chi connectivity index (χ3v) is 5.23. The average Bonchev–Trinajstić information content (AvgIpc) is 2.86. The van der Waals surface area contributed by atoms with Gasteiger partial charge in [0.2, 0.25) is 0 Å². The molecule has 1 saturated carbocycles. The third kappa shape index (κ3) is 3.64. The van der Waals surface area contributed by atoms with E-state index in [1.54, 1.807) is 7.11 Å². The molecule has 2 rings (SSSR count). The Balaban J connectivity index is 2.35. The lowest BCUT2D eigenvalue weighted by molar-refractivity contribution is 0.0350. The Kier molecular flexibility index (Phi) is 5.04. The maximum absolute atomic E-state index is 11.5. The van der Waals surface area contributed by atoms with Gasteiger partial charge in [0.25, 0.3) is 0 Å². The molecule has 1 fully saturated rings. The molecule has 4 nitrogen and oxygen atoms in total. The quantitative estimate of drug-likeness (QED) is 0.895. The fourth-order valence-corrected chi connectivity index (χ4v) is 4.33. The largest absolute Gasteiger partial charge is 0.477 e. The van der Waals surface area contributed by atoms with Crippen LogP contribution >= 0.6 is 11.3 Å². The number of thiazole rings is 1. The van der Waals surface area contributed by atoms with Crippen LogP contribution in [0, 0.1) is 5.92 Å². The molecule has 0 aromatic carbocycles. The van der Waals surface area contributed by atoms with Crippen molar-refractivity contribution in [3.05, 3.63) is 15.6 Å². The lowest BCUT2D eigenvalue weighted by atomic mass is 9.85.